The summed E-state index contributed by atoms with van der Waals surface area (Å²) < 4.78 is 21.0. The fourth-order valence-corrected chi connectivity index (χ4v) is 3.47. The van der Waals surface area contributed by atoms with Gasteiger partial charge in [-0.05, 0) is 48.5 Å². The fraction of sp³-hybridized carbons (Fsp3) is 0.222. The van der Waals surface area contributed by atoms with Crippen molar-refractivity contribution in [1.82, 2.24) is 25.6 Å². The molecule has 0 spiro atoms. The maximum atomic E-state index is 13.2. The Morgan fingerprint density at radius 2 is 1.85 bits per heavy atom. The minimum atomic E-state index is -0.242. The molecule has 0 aliphatic carbocycles. The van der Waals surface area contributed by atoms with Gasteiger partial charge in [-0.3, -0.25) is 9.67 Å². The van der Waals surface area contributed by atoms with Crippen LogP contribution in [0.5, 0.6) is 5.75 Å². The SMILES string of the molecule is COc1ccccc1-n1c(C2CC(c3ccc(F)cc3)NN2)n[nH]c1=S. The number of hydrogen-bond donors (Lipinski definition) is 3. The lowest BCUT2D eigenvalue weighted by atomic mass is 10.0. The zero-order chi connectivity index (χ0) is 18.1. The van der Waals surface area contributed by atoms with Crippen LogP contribution in [-0.4, -0.2) is 21.9 Å². The summed E-state index contributed by atoms with van der Waals surface area (Å²) in [7, 11) is 1.63. The van der Waals surface area contributed by atoms with Gasteiger partial charge in [0.2, 0.25) is 0 Å². The number of nitrogens with one attached hydrogen (secondary N) is 3. The topological polar surface area (TPSA) is 66.9 Å². The Hall–Kier alpha value is -2.55. The van der Waals surface area contributed by atoms with Gasteiger partial charge in [0.25, 0.3) is 0 Å². The van der Waals surface area contributed by atoms with E-state index in [9.17, 15) is 4.39 Å². The molecule has 134 valence electrons. The first kappa shape index (κ1) is 16.9. The second-order valence-corrected chi connectivity index (χ2v) is 6.46. The van der Waals surface area contributed by atoms with Gasteiger partial charge in [0.1, 0.15) is 11.6 Å². The fourth-order valence-electron chi connectivity index (χ4n) is 3.23. The Balaban J connectivity index is 1.66. The van der Waals surface area contributed by atoms with Crippen LogP contribution in [0.15, 0.2) is 48.5 Å². The first-order valence-electron chi connectivity index (χ1n) is 8.24. The monoisotopic (exact) mass is 371 g/mol. The van der Waals surface area contributed by atoms with Gasteiger partial charge in [0.15, 0.2) is 10.6 Å². The van der Waals surface area contributed by atoms with Gasteiger partial charge in [0, 0.05) is 6.04 Å². The van der Waals surface area contributed by atoms with Crippen molar-refractivity contribution in [3.05, 3.63) is 70.5 Å². The van der Waals surface area contributed by atoms with E-state index in [-0.39, 0.29) is 17.9 Å². The van der Waals surface area contributed by atoms with E-state index in [1.165, 1.54) is 12.1 Å². The van der Waals surface area contributed by atoms with Crippen molar-refractivity contribution in [2.24, 2.45) is 0 Å². The summed E-state index contributed by atoms with van der Waals surface area (Å²) >= 11 is 5.43. The minimum Gasteiger partial charge on any atom is -0.495 e. The molecular formula is C18H18FN5OS. The third-order valence-corrected chi connectivity index (χ3v) is 4.79. The van der Waals surface area contributed by atoms with Crippen molar-refractivity contribution < 1.29 is 9.13 Å². The Morgan fingerprint density at radius 1 is 1.12 bits per heavy atom. The van der Waals surface area contributed by atoms with Crippen LogP contribution in [0.1, 0.15) is 29.9 Å². The predicted molar refractivity (Wildman–Crippen MR) is 98.1 cm³/mol. The Labute approximate surface area is 155 Å². The van der Waals surface area contributed by atoms with Crippen molar-refractivity contribution >= 4 is 12.2 Å². The van der Waals surface area contributed by atoms with Gasteiger partial charge < -0.3 is 4.74 Å². The number of H-pyrrole nitrogens is 1. The molecule has 26 heavy (non-hydrogen) atoms. The maximum Gasteiger partial charge on any atom is 0.200 e. The molecule has 1 aliphatic heterocycles. The van der Waals surface area contributed by atoms with Gasteiger partial charge in [-0.2, -0.15) is 5.10 Å². The summed E-state index contributed by atoms with van der Waals surface area (Å²) in [5.41, 5.74) is 8.36. The van der Waals surface area contributed by atoms with E-state index >= 15 is 0 Å². The highest BCUT2D eigenvalue weighted by Crippen LogP contribution is 2.32. The second-order valence-electron chi connectivity index (χ2n) is 6.08. The molecule has 8 heteroatoms. The zero-order valence-corrected chi connectivity index (χ0v) is 14.9. The van der Waals surface area contributed by atoms with Crippen LogP contribution in [0.3, 0.4) is 0 Å². The maximum absolute atomic E-state index is 13.2. The molecule has 2 aromatic carbocycles. The second kappa shape index (κ2) is 6.99. The number of aromatic amines is 1. The molecule has 2 atom stereocenters. The number of nitrogens with zero attached hydrogens (tertiary/aromatic N) is 2. The molecule has 1 aliphatic rings. The number of aromatic nitrogens is 3. The molecule has 0 radical (unpaired) electrons. The van der Waals surface area contributed by atoms with Crippen LogP contribution in [0.25, 0.3) is 5.69 Å². The van der Waals surface area contributed by atoms with Crippen molar-refractivity contribution in [1.29, 1.82) is 0 Å². The molecule has 4 rings (SSSR count). The highest BCUT2D eigenvalue weighted by molar-refractivity contribution is 7.71. The van der Waals surface area contributed by atoms with E-state index < -0.39 is 0 Å². The summed E-state index contributed by atoms with van der Waals surface area (Å²) in [5.74, 6) is 1.23. The van der Waals surface area contributed by atoms with Crippen LogP contribution >= 0.6 is 12.2 Å². The number of hydrazine groups is 1. The number of hydrogen-bond acceptors (Lipinski definition) is 5. The molecule has 0 bridgehead atoms. The van der Waals surface area contributed by atoms with Crippen molar-refractivity contribution in [2.75, 3.05) is 7.11 Å². The molecule has 1 saturated heterocycles. The number of benzene rings is 2. The average Bonchev–Trinajstić information content (AvgIpc) is 3.29. The van der Waals surface area contributed by atoms with Gasteiger partial charge in [-0.15, -0.1) is 0 Å². The number of methoxy groups -OCH3 is 1. The normalized spacial score (nSPS) is 19.6. The van der Waals surface area contributed by atoms with Crippen LogP contribution in [0.4, 0.5) is 4.39 Å². The first-order chi connectivity index (χ1) is 12.7. The minimum absolute atomic E-state index is 0.0528. The molecule has 3 N–H and O–H groups in total. The van der Waals surface area contributed by atoms with Crippen molar-refractivity contribution in [3.8, 4) is 11.4 Å². The number of rotatable bonds is 4. The Morgan fingerprint density at radius 3 is 2.62 bits per heavy atom. The first-order valence-corrected chi connectivity index (χ1v) is 8.65. The number of halogens is 1. The van der Waals surface area contributed by atoms with Crippen LogP contribution in [-0.2, 0) is 0 Å². The predicted octanol–water partition coefficient (Wildman–Crippen LogP) is 3.36. The van der Waals surface area contributed by atoms with Crippen molar-refractivity contribution in [2.45, 2.75) is 18.5 Å². The highest BCUT2D eigenvalue weighted by atomic mass is 32.1. The molecular weight excluding hydrogens is 353 g/mol. The third-order valence-electron chi connectivity index (χ3n) is 4.51. The molecule has 6 nitrogen and oxygen atoms in total. The molecule has 3 aromatic rings. The van der Waals surface area contributed by atoms with Crippen LogP contribution in [0, 0.1) is 10.6 Å². The summed E-state index contributed by atoms with van der Waals surface area (Å²) in [5, 5.41) is 7.29. The standard InChI is InChI=1S/C18H18FN5OS/c1-25-16-5-3-2-4-15(16)24-17(22-23-18(24)26)14-10-13(20-21-14)11-6-8-12(19)9-7-11/h2-9,13-14,20-21H,10H2,1H3,(H,23,26). The van der Waals surface area contributed by atoms with E-state index in [4.69, 9.17) is 17.0 Å². The molecule has 0 amide bonds. The number of para-hydroxylation sites is 2. The van der Waals surface area contributed by atoms with Crippen LogP contribution < -0.4 is 15.6 Å². The van der Waals surface area contributed by atoms with Gasteiger partial charge in [-0.1, -0.05) is 24.3 Å². The molecule has 2 unspecified atom stereocenters. The molecule has 1 aromatic heterocycles. The largest absolute Gasteiger partial charge is 0.495 e. The average molecular weight is 371 g/mol. The quantitative estimate of drug-likeness (QED) is 0.614. The van der Waals surface area contributed by atoms with E-state index in [1.54, 1.807) is 19.2 Å². The Bertz CT molecular complexity index is 968. The molecule has 0 saturated carbocycles. The molecule has 1 fully saturated rings. The van der Waals surface area contributed by atoms with E-state index in [1.807, 2.05) is 28.8 Å². The number of ether oxygens (including phenoxy) is 1. The summed E-state index contributed by atoms with van der Waals surface area (Å²) in [4.78, 5) is 0. The lowest BCUT2D eigenvalue weighted by Crippen LogP contribution is -2.28. The van der Waals surface area contributed by atoms with E-state index in [0.29, 0.717) is 10.5 Å². The summed E-state index contributed by atoms with van der Waals surface area (Å²) in [6, 6.07) is 14.2. The van der Waals surface area contributed by atoms with E-state index in [2.05, 4.69) is 21.0 Å². The summed E-state index contributed by atoms with van der Waals surface area (Å²) in [6.45, 7) is 0. The van der Waals surface area contributed by atoms with E-state index in [0.717, 1.165) is 23.5 Å². The van der Waals surface area contributed by atoms with Crippen LogP contribution in [0.2, 0.25) is 0 Å². The zero-order valence-electron chi connectivity index (χ0n) is 14.1. The third kappa shape index (κ3) is 3.03. The van der Waals surface area contributed by atoms with Gasteiger partial charge >= 0.3 is 0 Å². The van der Waals surface area contributed by atoms with Gasteiger partial charge in [0.05, 0.1) is 18.8 Å². The Kier molecular flexibility index (Phi) is 4.54. The van der Waals surface area contributed by atoms with Gasteiger partial charge in [-0.25, -0.2) is 15.2 Å². The van der Waals surface area contributed by atoms with Crippen molar-refractivity contribution in [3.63, 3.8) is 0 Å². The lowest BCUT2D eigenvalue weighted by Gasteiger charge is -2.14. The molecule has 2 heterocycles. The smallest absolute Gasteiger partial charge is 0.200 e. The summed E-state index contributed by atoms with van der Waals surface area (Å²) in [6.07, 6.45) is 0.750. The lowest BCUT2D eigenvalue weighted by molar-refractivity contribution is 0.411. The highest BCUT2D eigenvalue weighted by Gasteiger charge is 2.30.